The van der Waals surface area contributed by atoms with E-state index in [0.29, 0.717) is 16.5 Å². The first-order chi connectivity index (χ1) is 13.6. The van der Waals surface area contributed by atoms with Crippen LogP contribution < -0.4 is 15.4 Å². The Labute approximate surface area is 175 Å². The first-order valence-corrected chi connectivity index (χ1v) is 9.82. The molecule has 0 heterocycles. The van der Waals surface area contributed by atoms with Crippen LogP contribution in [0.25, 0.3) is 0 Å². The summed E-state index contributed by atoms with van der Waals surface area (Å²) in [6, 6.07) is 7.60. The van der Waals surface area contributed by atoms with E-state index in [1.54, 1.807) is 19.1 Å². The Morgan fingerprint density at radius 3 is 2.38 bits per heavy atom. The van der Waals surface area contributed by atoms with Gasteiger partial charge in [0, 0.05) is 16.8 Å². The Morgan fingerprint density at radius 2 is 1.76 bits per heavy atom. The van der Waals surface area contributed by atoms with E-state index >= 15 is 0 Å². The quantitative estimate of drug-likeness (QED) is 0.629. The predicted octanol–water partition coefficient (Wildman–Crippen LogP) is 4.99. The largest absolute Gasteiger partial charge is 0.495 e. The molecule has 0 spiro atoms. The second-order valence-electron chi connectivity index (χ2n) is 5.97. The number of methoxy groups -OCH3 is 1. The maximum Gasteiger partial charge on any atom is 0.416 e. The van der Waals surface area contributed by atoms with Gasteiger partial charge in [0.05, 0.1) is 29.9 Å². The van der Waals surface area contributed by atoms with Gasteiger partial charge in [0.1, 0.15) is 5.75 Å². The summed E-state index contributed by atoms with van der Waals surface area (Å²) in [5.41, 5.74) is 0.398. The summed E-state index contributed by atoms with van der Waals surface area (Å²) >= 11 is 7.04. The average Bonchev–Trinajstić information content (AvgIpc) is 2.64. The molecule has 2 aromatic carbocycles. The summed E-state index contributed by atoms with van der Waals surface area (Å²) in [4.78, 5) is 24.0. The molecule has 0 saturated heterocycles. The highest BCUT2D eigenvalue weighted by atomic mass is 35.5. The topological polar surface area (TPSA) is 67.4 Å². The van der Waals surface area contributed by atoms with E-state index in [1.807, 2.05) is 0 Å². The number of thioether (sulfide) groups is 1. The molecule has 29 heavy (non-hydrogen) atoms. The Hall–Kier alpha value is -2.39. The van der Waals surface area contributed by atoms with E-state index in [2.05, 4.69) is 10.6 Å². The van der Waals surface area contributed by atoms with Gasteiger partial charge in [-0.1, -0.05) is 17.7 Å². The third-order valence-electron chi connectivity index (χ3n) is 3.69. The standard InChI is InChI=1S/C19H18ClF3N2O3S/c1-11-6-15(16(28-2)8-14(11)20)25-18(27)10-29-9-17(26)24-13-5-3-4-12(7-13)19(21,22)23/h3-8H,9-10H2,1-2H3,(H,24,26)(H,25,27). The molecule has 0 radical (unpaired) electrons. The zero-order chi connectivity index (χ0) is 21.6. The minimum atomic E-state index is -4.49. The van der Waals surface area contributed by atoms with Crippen LogP contribution in [0.1, 0.15) is 11.1 Å². The summed E-state index contributed by atoms with van der Waals surface area (Å²) < 4.78 is 43.3. The lowest BCUT2D eigenvalue weighted by Crippen LogP contribution is -2.19. The third-order valence-corrected chi connectivity index (χ3v) is 5.03. The number of halogens is 4. The summed E-state index contributed by atoms with van der Waals surface area (Å²) in [5.74, 6) is -0.591. The van der Waals surface area contributed by atoms with Crippen LogP contribution in [0, 0.1) is 6.92 Å². The van der Waals surface area contributed by atoms with Gasteiger partial charge in [-0.2, -0.15) is 13.2 Å². The van der Waals surface area contributed by atoms with Crippen molar-refractivity contribution in [1.82, 2.24) is 0 Å². The van der Waals surface area contributed by atoms with Gasteiger partial charge in [-0.3, -0.25) is 9.59 Å². The van der Waals surface area contributed by atoms with Crippen LogP contribution in [0.5, 0.6) is 5.75 Å². The van der Waals surface area contributed by atoms with Gasteiger partial charge in [-0.15, -0.1) is 11.8 Å². The number of alkyl halides is 3. The number of carbonyl (C=O) groups is 2. The van der Waals surface area contributed by atoms with E-state index < -0.39 is 17.6 Å². The van der Waals surface area contributed by atoms with Crippen LogP contribution in [0.4, 0.5) is 24.5 Å². The number of ether oxygens (including phenoxy) is 1. The van der Waals surface area contributed by atoms with E-state index in [-0.39, 0.29) is 23.1 Å². The lowest BCUT2D eigenvalue weighted by Gasteiger charge is -2.12. The maximum absolute atomic E-state index is 12.7. The van der Waals surface area contributed by atoms with Crippen molar-refractivity contribution in [1.29, 1.82) is 0 Å². The summed E-state index contributed by atoms with van der Waals surface area (Å²) in [7, 11) is 1.45. The second-order valence-corrected chi connectivity index (χ2v) is 7.36. The Bertz CT molecular complexity index is 907. The molecule has 0 saturated carbocycles. The zero-order valence-corrected chi connectivity index (χ0v) is 17.1. The van der Waals surface area contributed by atoms with E-state index in [9.17, 15) is 22.8 Å². The van der Waals surface area contributed by atoms with Crippen molar-refractivity contribution >= 4 is 46.6 Å². The number of rotatable bonds is 7. The minimum Gasteiger partial charge on any atom is -0.495 e. The number of hydrogen-bond acceptors (Lipinski definition) is 4. The summed E-state index contributed by atoms with van der Waals surface area (Å²) in [5, 5.41) is 5.56. The summed E-state index contributed by atoms with van der Waals surface area (Å²) in [6.07, 6.45) is -4.49. The number of aryl methyl sites for hydroxylation is 1. The first-order valence-electron chi connectivity index (χ1n) is 8.29. The molecule has 5 nitrogen and oxygen atoms in total. The molecule has 2 N–H and O–H groups in total. The van der Waals surface area contributed by atoms with Gasteiger partial charge in [0.15, 0.2) is 0 Å². The van der Waals surface area contributed by atoms with Gasteiger partial charge in [-0.25, -0.2) is 0 Å². The average molecular weight is 447 g/mol. The van der Waals surface area contributed by atoms with Crippen molar-refractivity contribution < 1.29 is 27.5 Å². The van der Waals surface area contributed by atoms with Crippen LogP contribution in [0.15, 0.2) is 36.4 Å². The van der Waals surface area contributed by atoms with Crippen LogP contribution >= 0.6 is 23.4 Å². The highest BCUT2D eigenvalue weighted by molar-refractivity contribution is 8.00. The molecule has 2 amide bonds. The maximum atomic E-state index is 12.7. The molecule has 0 bridgehead atoms. The van der Waals surface area contributed by atoms with Gasteiger partial charge in [-0.05, 0) is 36.8 Å². The van der Waals surface area contributed by atoms with Crippen molar-refractivity contribution in [2.75, 3.05) is 29.2 Å². The van der Waals surface area contributed by atoms with Crippen LogP contribution in [-0.2, 0) is 15.8 Å². The highest BCUT2D eigenvalue weighted by Crippen LogP contribution is 2.31. The Kier molecular flexibility index (Phi) is 7.80. The van der Waals surface area contributed by atoms with Gasteiger partial charge in [0.25, 0.3) is 0 Å². The SMILES string of the molecule is COc1cc(Cl)c(C)cc1NC(=O)CSCC(=O)Nc1cccc(C(F)(F)F)c1. The van der Waals surface area contributed by atoms with Crippen LogP contribution in [0.3, 0.4) is 0 Å². The Morgan fingerprint density at radius 1 is 1.10 bits per heavy atom. The lowest BCUT2D eigenvalue weighted by atomic mass is 10.2. The fourth-order valence-corrected chi connectivity index (χ4v) is 3.09. The van der Waals surface area contributed by atoms with Gasteiger partial charge < -0.3 is 15.4 Å². The lowest BCUT2D eigenvalue weighted by molar-refractivity contribution is -0.137. The molecule has 0 aromatic heterocycles. The van der Waals surface area contributed by atoms with E-state index in [4.69, 9.17) is 16.3 Å². The highest BCUT2D eigenvalue weighted by Gasteiger charge is 2.30. The monoisotopic (exact) mass is 446 g/mol. The molecule has 0 fully saturated rings. The fraction of sp³-hybridized carbons (Fsp3) is 0.263. The zero-order valence-electron chi connectivity index (χ0n) is 15.5. The number of benzene rings is 2. The third kappa shape index (κ3) is 6.86. The second kappa shape index (κ2) is 9.89. The van der Waals surface area contributed by atoms with Crippen molar-refractivity contribution in [3.05, 3.63) is 52.5 Å². The molecule has 10 heteroatoms. The molecule has 2 rings (SSSR count). The van der Waals surface area contributed by atoms with Crippen LogP contribution in [0.2, 0.25) is 5.02 Å². The normalized spacial score (nSPS) is 11.1. The van der Waals surface area contributed by atoms with Crippen LogP contribution in [-0.4, -0.2) is 30.4 Å². The molecule has 0 atom stereocenters. The fourth-order valence-electron chi connectivity index (χ4n) is 2.32. The van der Waals surface area contributed by atoms with E-state index in [0.717, 1.165) is 29.5 Å². The number of anilines is 2. The molecular weight excluding hydrogens is 429 g/mol. The smallest absolute Gasteiger partial charge is 0.416 e. The molecule has 0 aliphatic heterocycles. The predicted molar refractivity (Wildman–Crippen MR) is 109 cm³/mol. The first kappa shape index (κ1) is 22.9. The minimum absolute atomic E-state index is 0.0269. The Balaban J connectivity index is 1.85. The van der Waals surface area contributed by atoms with Gasteiger partial charge >= 0.3 is 6.18 Å². The number of hydrogen-bond donors (Lipinski definition) is 2. The number of nitrogens with one attached hydrogen (secondary N) is 2. The molecule has 2 aromatic rings. The van der Waals surface area contributed by atoms with Crippen molar-refractivity contribution in [3.8, 4) is 5.75 Å². The molecule has 0 aliphatic carbocycles. The van der Waals surface area contributed by atoms with E-state index in [1.165, 1.54) is 19.2 Å². The molecule has 0 aliphatic rings. The van der Waals surface area contributed by atoms with Gasteiger partial charge in [0.2, 0.25) is 11.8 Å². The summed E-state index contributed by atoms with van der Waals surface area (Å²) in [6.45, 7) is 1.78. The molecule has 0 unspecified atom stereocenters. The number of carbonyl (C=O) groups excluding carboxylic acids is 2. The number of amides is 2. The molecular formula is C19H18ClF3N2O3S. The van der Waals surface area contributed by atoms with Crippen molar-refractivity contribution in [2.45, 2.75) is 13.1 Å². The molecule has 156 valence electrons. The van der Waals surface area contributed by atoms with Crippen molar-refractivity contribution in [2.24, 2.45) is 0 Å². The van der Waals surface area contributed by atoms with Crippen molar-refractivity contribution in [3.63, 3.8) is 0 Å².